The molecule has 1 amide bonds. The van der Waals surface area contributed by atoms with Gasteiger partial charge in [0.25, 0.3) is 0 Å². The molecule has 0 saturated heterocycles. The third-order valence-electron chi connectivity index (χ3n) is 1.73. The van der Waals surface area contributed by atoms with Crippen molar-refractivity contribution in [3.05, 3.63) is 12.7 Å². The third kappa shape index (κ3) is 6.68. The van der Waals surface area contributed by atoms with Crippen LogP contribution in [-0.2, 0) is 14.3 Å². The first-order valence-electron chi connectivity index (χ1n) is 4.82. The first kappa shape index (κ1) is 13.6. The summed E-state index contributed by atoms with van der Waals surface area (Å²) in [6.45, 7) is 5.58. The van der Waals surface area contributed by atoms with Crippen molar-refractivity contribution in [2.24, 2.45) is 0 Å². The Bertz CT molecular complexity index is 227. The minimum atomic E-state index is -1.04. The first-order valence-corrected chi connectivity index (χ1v) is 4.82. The molecule has 0 aliphatic rings. The number of carboxylic acids is 1. The topological polar surface area (TPSA) is 75.6 Å². The molecule has 86 valence electrons. The standard InChI is InChI=1S/C10H17NO4/c1-3-5-6-8(10(13)14)11-9(12)7-15-4-2/h3,8H,1,4-7H2,2H3,(H,11,12)(H,13,14)/t8-/m1/s1. The van der Waals surface area contributed by atoms with E-state index < -0.39 is 17.9 Å². The molecular weight excluding hydrogens is 198 g/mol. The molecule has 5 heteroatoms. The van der Waals surface area contributed by atoms with Crippen LogP contribution < -0.4 is 5.32 Å². The largest absolute Gasteiger partial charge is 0.480 e. The average Bonchev–Trinajstić information content (AvgIpc) is 2.20. The van der Waals surface area contributed by atoms with Crippen molar-refractivity contribution in [2.45, 2.75) is 25.8 Å². The Hall–Kier alpha value is -1.36. The van der Waals surface area contributed by atoms with E-state index in [0.717, 1.165) is 0 Å². The lowest BCUT2D eigenvalue weighted by Gasteiger charge is -2.13. The van der Waals surface area contributed by atoms with Crippen molar-refractivity contribution in [3.8, 4) is 0 Å². The lowest BCUT2D eigenvalue weighted by atomic mass is 10.1. The van der Waals surface area contributed by atoms with Gasteiger partial charge in [-0.1, -0.05) is 6.08 Å². The van der Waals surface area contributed by atoms with Crippen LogP contribution >= 0.6 is 0 Å². The fourth-order valence-corrected chi connectivity index (χ4v) is 0.973. The molecule has 0 aromatic heterocycles. The second-order valence-electron chi connectivity index (χ2n) is 2.96. The Morgan fingerprint density at radius 1 is 1.60 bits per heavy atom. The highest BCUT2D eigenvalue weighted by Gasteiger charge is 2.18. The van der Waals surface area contributed by atoms with Crippen LogP contribution in [0.25, 0.3) is 0 Å². The Labute approximate surface area is 89.1 Å². The van der Waals surface area contributed by atoms with Crippen molar-refractivity contribution in [3.63, 3.8) is 0 Å². The zero-order valence-corrected chi connectivity index (χ0v) is 8.86. The Balaban J connectivity index is 3.98. The number of rotatable bonds is 8. The molecule has 0 heterocycles. The van der Waals surface area contributed by atoms with Gasteiger partial charge in [0.15, 0.2) is 0 Å². The molecule has 15 heavy (non-hydrogen) atoms. The van der Waals surface area contributed by atoms with Gasteiger partial charge in [0.2, 0.25) is 5.91 Å². The Kier molecular flexibility index (Phi) is 7.27. The number of hydrogen-bond donors (Lipinski definition) is 2. The summed E-state index contributed by atoms with van der Waals surface area (Å²) in [6, 6.07) is -0.865. The fourth-order valence-electron chi connectivity index (χ4n) is 0.973. The molecule has 0 spiro atoms. The summed E-state index contributed by atoms with van der Waals surface area (Å²) in [5.74, 6) is -1.45. The highest BCUT2D eigenvalue weighted by Crippen LogP contribution is 1.98. The van der Waals surface area contributed by atoms with Crippen LogP contribution in [0, 0.1) is 0 Å². The molecule has 5 nitrogen and oxygen atoms in total. The number of hydrogen-bond acceptors (Lipinski definition) is 3. The number of aliphatic carboxylic acids is 1. The van der Waals surface area contributed by atoms with Gasteiger partial charge in [-0.3, -0.25) is 4.79 Å². The number of amides is 1. The van der Waals surface area contributed by atoms with Crippen LogP contribution in [0.3, 0.4) is 0 Å². The molecule has 0 rings (SSSR count). The molecule has 0 bridgehead atoms. The number of carboxylic acid groups (broad SMARTS) is 1. The molecule has 0 aromatic rings. The third-order valence-corrected chi connectivity index (χ3v) is 1.73. The van der Waals surface area contributed by atoms with Gasteiger partial charge in [0, 0.05) is 6.61 Å². The number of carbonyl (C=O) groups is 2. The molecule has 2 N–H and O–H groups in total. The lowest BCUT2D eigenvalue weighted by molar-refractivity contribution is -0.142. The SMILES string of the molecule is C=CCC[C@@H](NC(=O)COCC)C(=O)O. The molecule has 1 atom stereocenters. The second kappa shape index (κ2) is 7.99. The molecule has 0 fully saturated rings. The van der Waals surface area contributed by atoms with E-state index in [4.69, 9.17) is 9.84 Å². The highest BCUT2D eigenvalue weighted by atomic mass is 16.5. The number of nitrogens with one attached hydrogen (secondary N) is 1. The second-order valence-corrected chi connectivity index (χ2v) is 2.96. The van der Waals surface area contributed by atoms with Crippen LogP contribution in [0.5, 0.6) is 0 Å². The van der Waals surface area contributed by atoms with Crippen molar-refractivity contribution < 1.29 is 19.4 Å². The fraction of sp³-hybridized carbons (Fsp3) is 0.600. The molecule has 0 aliphatic carbocycles. The van der Waals surface area contributed by atoms with Gasteiger partial charge in [-0.2, -0.15) is 0 Å². The molecule has 0 unspecified atom stereocenters. The molecule has 0 aliphatic heterocycles. The van der Waals surface area contributed by atoms with Gasteiger partial charge in [-0.05, 0) is 19.8 Å². The Morgan fingerprint density at radius 2 is 2.27 bits per heavy atom. The minimum Gasteiger partial charge on any atom is -0.480 e. The van der Waals surface area contributed by atoms with Crippen LogP contribution in [0.15, 0.2) is 12.7 Å². The zero-order valence-electron chi connectivity index (χ0n) is 8.86. The lowest BCUT2D eigenvalue weighted by Crippen LogP contribution is -2.42. The summed E-state index contributed by atoms with van der Waals surface area (Å²) < 4.78 is 4.86. The van der Waals surface area contributed by atoms with Gasteiger partial charge in [0.05, 0.1) is 0 Å². The van der Waals surface area contributed by atoms with Gasteiger partial charge in [0.1, 0.15) is 12.6 Å². The normalized spacial score (nSPS) is 11.8. The summed E-state index contributed by atoms with van der Waals surface area (Å²) >= 11 is 0. The Morgan fingerprint density at radius 3 is 2.73 bits per heavy atom. The van der Waals surface area contributed by atoms with E-state index in [0.29, 0.717) is 19.4 Å². The summed E-state index contributed by atoms with van der Waals surface area (Å²) in [5.41, 5.74) is 0. The quantitative estimate of drug-likeness (QED) is 0.580. The van der Waals surface area contributed by atoms with E-state index in [1.54, 1.807) is 13.0 Å². The maximum Gasteiger partial charge on any atom is 0.326 e. The maximum atomic E-state index is 11.2. The zero-order chi connectivity index (χ0) is 11.7. The van der Waals surface area contributed by atoms with Crippen molar-refractivity contribution in [1.82, 2.24) is 5.32 Å². The van der Waals surface area contributed by atoms with E-state index in [2.05, 4.69) is 11.9 Å². The van der Waals surface area contributed by atoms with E-state index >= 15 is 0 Å². The van der Waals surface area contributed by atoms with Gasteiger partial charge in [-0.25, -0.2) is 4.79 Å². The van der Waals surface area contributed by atoms with Gasteiger partial charge in [-0.15, -0.1) is 6.58 Å². The van der Waals surface area contributed by atoms with Gasteiger partial charge >= 0.3 is 5.97 Å². The number of allylic oxidation sites excluding steroid dienone is 1. The molecular formula is C10H17NO4. The van der Waals surface area contributed by atoms with Crippen LogP contribution in [-0.4, -0.2) is 36.2 Å². The maximum absolute atomic E-state index is 11.2. The summed E-state index contributed by atoms with van der Waals surface area (Å²) in [7, 11) is 0. The van der Waals surface area contributed by atoms with Gasteiger partial charge < -0.3 is 15.2 Å². The number of ether oxygens (including phenoxy) is 1. The number of carbonyl (C=O) groups excluding carboxylic acids is 1. The predicted octanol–water partition coefficient (Wildman–Crippen LogP) is 0.558. The van der Waals surface area contributed by atoms with Crippen LogP contribution in [0.4, 0.5) is 0 Å². The summed E-state index contributed by atoms with van der Waals surface area (Å²) in [6.07, 6.45) is 2.51. The monoisotopic (exact) mass is 215 g/mol. The van der Waals surface area contributed by atoms with E-state index in [9.17, 15) is 9.59 Å². The average molecular weight is 215 g/mol. The molecule has 0 aromatic carbocycles. The van der Waals surface area contributed by atoms with E-state index in [-0.39, 0.29) is 6.61 Å². The summed E-state index contributed by atoms with van der Waals surface area (Å²) in [5, 5.41) is 11.2. The van der Waals surface area contributed by atoms with Crippen LogP contribution in [0.2, 0.25) is 0 Å². The van der Waals surface area contributed by atoms with E-state index in [1.807, 2.05) is 0 Å². The van der Waals surface area contributed by atoms with Crippen molar-refractivity contribution >= 4 is 11.9 Å². The smallest absolute Gasteiger partial charge is 0.326 e. The van der Waals surface area contributed by atoms with Crippen LogP contribution in [0.1, 0.15) is 19.8 Å². The summed E-state index contributed by atoms with van der Waals surface area (Å²) in [4.78, 5) is 21.9. The van der Waals surface area contributed by atoms with Crippen molar-refractivity contribution in [2.75, 3.05) is 13.2 Å². The molecule has 0 saturated carbocycles. The minimum absolute atomic E-state index is 0.103. The molecule has 0 radical (unpaired) electrons. The highest BCUT2D eigenvalue weighted by molar-refractivity contribution is 5.84. The van der Waals surface area contributed by atoms with E-state index in [1.165, 1.54) is 0 Å². The van der Waals surface area contributed by atoms with Crippen molar-refractivity contribution in [1.29, 1.82) is 0 Å². The predicted molar refractivity (Wildman–Crippen MR) is 55.5 cm³/mol. The first-order chi connectivity index (χ1) is 7.11.